The lowest BCUT2D eigenvalue weighted by atomic mass is 10.2. The highest BCUT2D eigenvalue weighted by molar-refractivity contribution is 7.98. The molecular formula is C20H16Cl2N4O2S. The van der Waals surface area contributed by atoms with Gasteiger partial charge in [-0.05, 0) is 23.3 Å². The Bertz CT molecular complexity index is 1040. The highest BCUT2D eigenvalue weighted by atomic mass is 35.5. The summed E-state index contributed by atoms with van der Waals surface area (Å²) in [7, 11) is 0. The summed E-state index contributed by atoms with van der Waals surface area (Å²) in [5.41, 5.74) is 2.06. The van der Waals surface area contributed by atoms with Gasteiger partial charge in [-0.2, -0.15) is 0 Å². The maximum absolute atomic E-state index is 12.2. The number of nitrogens with zero attached hydrogens (tertiary/aromatic N) is 4. The second kappa shape index (κ2) is 8.90. The number of rotatable bonds is 6. The quantitative estimate of drug-likeness (QED) is 0.497. The van der Waals surface area contributed by atoms with Crippen molar-refractivity contribution in [1.82, 2.24) is 15.1 Å². The van der Waals surface area contributed by atoms with Crippen molar-refractivity contribution in [3.05, 3.63) is 82.0 Å². The van der Waals surface area contributed by atoms with Crippen LogP contribution in [0.25, 0.3) is 0 Å². The number of benzene rings is 2. The third kappa shape index (κ3) is 4.93. The number of hydrogen-bond acceptors (Lipinski definition) is 6. The summed E-state index contributed by atoms with van der Waals surface area (Å²) in [4.78, 5) is 15.7. The van der Waals surface area contributed by atoms with Crippen molar-refractivity contribution in [3.8, 4) is 0 Å². The van der Waals surface area contributed by atoms with E-state index in [4.69, 9.17) is 27.6 Å². The van der Waals surface area contributed by atoms with E-state index in [1.165, 1.54) is 17.8 Å². The lowest BCUT2D eigenvalue weighted by molar-refractivity contribution is -0.127. The van der Waals surface area contributed by atoms with Gasteiger partial charge < -0.3 is 9.32 Å². The molecule has 0 saturated carbocycles. The topological polar surface area (TPSA) is 62.5 Å². The Balaban J connectivity index is 1.40. The van der Waals surface area contributed by atoms with Crippen LogP contribution in [0.3, 0.4) is 0 Å². The van der Waals surface area contributed by atoms with E-state index < -0.39 is 0 Å². The zero-order valence-corrected chi connectivity index (χ0v) is 17.5. The predicted molar refractivity (Wildman–Crippen MR) is 114 cm³/mol. The van der Waals surface area contributed by atoms with Crippen LogP contribution in [0, 0.1) is 0 Å². The fourth-order valence-corrected chi connectivity index (χ4v) is 3.79. The van der Waals surface area contributed by atoms with Gasteiger partial charge in [-0.3, -0.25) is 9.69 Å². The van der Waals surface area contributed by atoms with E-state index in [1.54, 1.807) is 22.1 Å². The molecule has 2 heterocycles. The summed E-state index contributed by atoms with van der Waals surface area (Å²) >= 11 is 13.4. The standard InChI is InChI=1S/C20H16Cl2N4O2S/c21-16-7-6-15(10-17(16)22)12-29-20-24-23-19(28-20)25-9-8-18(27)26(13-25)11-14-4-2-1-3-5-14/h1-10H,11-13H2. The SMILES string of the molecule is O=C1C=CN(c2nnc(SCc3ccc(Cl)c(Cl)c3)o2)CN1Cc1ccccc1. The van der Waals surface area contributed by atoms with E-state index in [0.717, 1.165) is 11.1 Å². The van der Waals surface area contributed by atoms with E-state index >= 15 is 0 Å². The van der Waals surface area contributed by atoms with Crippen LogP contribution in [0.2, 0.25) is 10.0 Å². The summed E-state index contributed by atoms with van der Waals surface area (Å²) in [5.74, 6) is 0.561. The number of hydrogen-bond donors (Lipinski definition) is 0. The molecule has 0 N–H and O–H groups in total. The molecule has 0 spiro atoms. The number of amides is 1. The third-order valence-electron chi connectivity index (χ3n) is 4.24. The zero-order chi connectivity index (χ0) is 20.2. The molecule has 1 aromatic heterocycles. The number of carbonyl (C=O) groups excluding carboxylic acids is 1. The van der Waals surface area contributed by atoms with E-state index in [1.807, 2.05) is 42.5 Å². The Morgan fingerprint density at radius 3 is 2.66 bits per heavy atom. The number of aromatic nitrogens is 2. The first-order valence-corrected chi connectivity index (χ1v) is 10.5. The molecule has 6 nitrogen and oxygen atoms in total. The number of halogens is 2. The first-order valence-electron chi connectivity index (χ1n) is 8.76. The minimum Gasteiger partial charge on any atom is -0.398 e. The van der Waals surface area contributed by atoms with Gasteiger partial charge in [-0.1, -0.05) is 81.6 Å². The van der Waals surface area contributed by atoms with Crippen molar-refractivity contribution >= 4 is 46.9 Å². The van der Waals surface area contributed by atoms with E-state index in [9.17, 15) is 4.79 Å². The summed E-state index contributed by atoms with van der Waals surface area (Å²) in [6, 6.07) is 15.6. The van der Waals surface area contributed by atoms with Gasteiger partial charge in [-0.25, -0.2) is 0 Å². The molecule has 0 bridgehead atoms. The first-order chi connectivity index (χ1) is 14.1. The van der Waals surface area contributed by atoms with Crippen molar-refractivity contribution in [2.45, 2.75) is 17.5 Å². The molecule has 0 saturated heterocycles. The molecule has 1 aliphatic heterocycles. The number of thioether (sulfide) groups is 1. The Hall–Kier alpha value is -2.48. The van der Waals surface area contributed by atoms with E-state index in [-0.39, 0.29) is 5.91 Å². The van der Waals surface area contributed by atoms with Crippen LogP contribution >= 0.6 is 35.0 Å². The molecule has 3 aromatic rings. The van der Waals surface area contributed by atoms with Gasteiger partial charge in [0.15, 0.2) is 0 Å². The maximum atomic E-state index is 12.2. The summed E-state index contributed by atoms with van der Waals surface area (Å²) in [6.45, 7) is 0.844. The van der Waals surface area contributed by atoms with Crippen molar-refractivity contribution in [2.24, 2.45) is 0 Å². The lowest BCUT2D eigenvalue weighted by Gasteiger charge is -2.30. The second-order valence-electron chi connectivity index (χ2n) is 6.34. The molecule has 0 unspecified atom stereocenters. The predicted octanol–water partition coefficient (Wildman–Crippen LogP) is 4.99. The highest BCUT2D eigenvalue weighted by Crippen LogP contribution is 2.28. The van der Waals surface area contributed by atoms with Gasteiger partial charge in [0.1, 0.15) is 6.67 Å². The Labute approximate surface area is 182 Å². The lowest BCUT2D eigenvalue weighted by Crippen LogP contribution is -2.41. The molecule has 9 heteroatoms. The largest absolute Gasteiger partial charge is 0.398 e. The van der Waals surface area contributed by atoms with Crippen molar-refractivity contribution in [1.29, 1.82) is 0 Å². The fourth-order valence-electron chi connectivity index (χ4n) is 2.77. The van der Waals surface area contributed by atoms with Crippen LogP contribution in [0.15, 0.2) is 70.4 Å². The van der Waals surface area contributed by atoms with Crippen LogP contribution < -0.4 is 4.90 Å². The van der Waals surface area contributed by atoms with Crippen LogP contribution in [0.1, 0.15) is 11.1 Å². The first kappa shape index (κ1) is 19.8. The molecule has 1 amide bonds. The van der Waals surface area contributed by atoms with Crippen molar-refractivity contribution in [3.63, 3.8) is 0 Å². The Morgan fingerprint density at radius 2 is 1.86 bits per heavy atom. The molecule has 2 aromatic carbocycles. The Morgan fingerprint density at radius 1 is 1.03 bits per heavy atom. The number of carbonyl (C=O) groups is 1. The molecule has 148 valence electrons. The normalized spacial score (nSPS) is 13.9. The van der Waals surface area contributed by atoms with Gasteiger partial charge >= 0.3 is 6.01 Å². The highest BCUT2D eigenvalue weighted by Gasteiger charge is 2.23. The minimum absolute atomic E-state index is 0.0566. The van der Waals surface area contributed by atoms with Crippen LogP contribution in [-0.2, 0) is 17.1 Å². The molecule has 0 atom stereocenters. The van der Waals surface area contributed by atoms with Crippen molar-refractivity contribution in [2.75, 3.05) is 11.6 Å². The van der Waals surface area contributed by atoms with Crippen LogP contribution in [-0.4, -0.2) is 27.7 Å². The maximum Gasteiger partial charge on any atom is 0.324 e. The molecule has 0 radical (unpaired) electrons. The van der Waals surface area contributed by atoms with E-state index in [2.05, 4.69) is 10.2 Å². The molecule has 0 aliphatic carbocycles. The minimum atomic E-state index is -0.0566. The molecule has 29 heavy (non-hydrogen) atoms. The Kier molecular flexibility index (Phi) is 6.08. The van der Waals surface area contributed by atoms with Gasteiger partial charge in [0, 0.05) is 24.6 Å². The van der Waals surface area contributed by atoms with Crippen molar-refractivity contribution < 1.29 is 9.21 Å². The number of anilines is 1. The van der Waals surface area contributed by atoms with Crippen LogP contribution in [0.5, 0.6) is 0 Å². The molecule has 4 rings (SSSR count). The fraction of sp³-hybridized carbons (Fsp3) is 0.150. The third-order valence-corrected chi connectivity index (χ3v) is 5.86. The molecule has 1 aliphatic rings. The molecular weight excluding hydrogens is 431 g/mol. The molecule has 0 fully saturated rings. The van der Waals surface area contributed by atoms with Gasteiger partial charge in [0.05, 0.1) is 10.0 Å². The summed E-state index contributed by atoms with van der Waals surface area (Å²) in [6.07, 6.45) is 3.16. The monoisotopic (exact) mass is 446 g/mol. The van der Waals surface area contributed by atoms with Crippen LogP contribution in [0.4, 0.5) is 6.01 Å². The zero-order valence-electron chi connectivity index (χ0n) is 15.2. The van der Waals surface area contributed by atoms with Gasteiger partial charge in [0.25, 0.3) is 5.22 Å². The van der Waals surface area contributed by atoms with Gasteiger partial charge in [0.2, 0.25) is 5.91 Å². The van der Waals surface area contributed by atoms with Gasteiger partial charge in [-0.15, -0.1) is 0 Å². The summed E-state index contributed by atoms with van der Waals surface area (Å²) < 4.78 is 5.75. The second-order valence-corrected chi connectivity index (χ2v) is 8.08. The smallest absolute Gasteiger partial charge is 0.324 e. The average molecular weight is 447 g/mol. The summed E-state index contributed by atoms with van der Waals surface area (Å²) in [5, 5.41) is 9.65. The average Bonchev–Trinajstić information content (AvgIpc) is 3.20. The van der Waals surface area contributed by atoms with E-state index in [0.29, 0.717) is 40.2 Å².